The number of halogens is 1. The van der Waals surface area contributed by atoms with Crippen molar-refractivity contribution >= 4 is 5.97 Å². The number of rotatable bonds is 3. The molecule has 3 heteroatoms. The van der Waals surface area contributed by atoms with E-state index in [1.54, 1.807) is 0 Å². The number of allylic oxidation sites excluding steroid dienone is 4. The van der Waals surface area contributed by atoms with Crippen LogP contribution >= 0.6 is 0 Å². The van der Waals surface area contributed by atoms with E-state index in [0.29, 0.717) is 18.8 Å². The lowest BCUT2D eigenvalue weighted by Crippen LogP contribution is -2.50. The van der Waals surface area contributed by atoms with E-state index >= 15 is 0 Å². The van der Waals surface area contributed by atoms with Gasteiger partial charge in [-0.1, -0.05) is 24.3 Å². The number of carbonyl (C=O) groups is 1. The highest BCUT2D eigenvalue weighted by atomic mass is 19.1. The van der Waals surface area contributed by atoms with Crippen LogP contribution in [0.25, 0.3) is 0 Å². The summed E-state index contributed by atoms with van der Waals surface area (Å²) < 4.78 is 14.2. The summed E-state index contributed by atoms with van der Waals surface area (Å²) >= 11 is 0. The van der Waals surface area contributed by atoms with Gasteiger partial charge in [-0.15, -0.1) is 0 Å². The van der Waals surface area contributed by atoms with Gasteiger partial charge >= 0.3 is 5.97 Å². The topological polar surface area (TPSA) is 37.3 Å². The van der Waals surface area contributed by atoms with Gasteiger partial charge in [0.15, 0.2) is 0 Å². The third kappa shape index (κ3) is 3.19. The van der Waals surface area contributed by atoms with Gasteiger partial charge in [0.2, 0.25) is 0 Å². The number of alkyl halides is 1. The first-order valence-corrected chi connectivity index (χ1v) is 13.7. The number of hydrogen-bond donors (Lipinski definition) is 1. The van der Waals surface area contributed by atoms with Crippen molar-refractivity contribution < 1.29 is 14.3 Å². The normalized spacial score (nSPS) is 51.9. The monoisotopic (exact) mass is 440 g/mol. The van der Waals surface area contributed by atoms with Crippen molar-refractivity contribution in [3.05, 3.63) is 24.3 Å². The summed E-state index contributed by atoms with van der Waals surface area (Å²) in [6.07, 6.45) is 23.7. The molecule has 0 bridgehead atoms. The lowest BCUT2D eigenvalue weighted by molar-refractivity contribution is -0.156. The van der Waals surface area contributed by atoms with E-state index < -0.39 is 18.1 Å². The first kappa shape index (κ1) is 21.4. The maximum absolute atomic E-state index is 14.2. The van der Waals surface area contributed by atoms with Gasteiger partial charge in [-0.25, -0.2) is 4.39 Å². The van der Waals surface area contributed by atoms with Crippen LogP contribution in [0.5, 0.6) is 0 Å². The first-order valence-electron chi connectivity index (χ1n) is 13.7. The van der Waals surface area contributed by atoms with E-state index in [1.165, 1.54) is 51.4 Å². The zero-order chi connectivity index (χ0) is 21.9. The van der Waals surface area contributed by atoms with Crippen molar-refractivity contribution in [3.8, 4) is 0 Å². The smallest absolute Gasteiger partial charge is 0.312 e. The predicted molar refractivity (Wildman–Crippen MR) is 125 cm³/mol. The average Bonchev–Trinajstić information content (AvgIpc) is 3.32. The third-order valence-corrected chi connectivity index (χ3v) is 11.6. The Morgan fingerprint density at radius 2 is 1.47 bits per heavy atom. The Morgan fingerprint density at radius 1 is 0.812 bits per heavy atom. The Kier molecular flexibility index (Phi) is 5.54. The molecule has 0 heterocycles. The summed E-state index contributed by atoms with van der Waals surface area (Å²) in [5.74, 6) is 6.58. The number of aliphatic carboxylic acids is 1. The molecule has 4 saturated carbocycles. The summed E-state index contributed by atoms with van der Waals surface area (Å²) in [6, 6.07) is 0. The second-order valence-corrected chi connectivity index (χ2v) is 12.5. The third-order valence-electron chi connectivity index (χ3n) is 11.6. The molecule has 0 radical (unpaired) electrons. The average molecular weight is 441 g/mol. The maximum atomic E-state index is 14.2. The molecule has 1 N–H and O–H groups in total. The molecule has 0 amide bonds. The fourth-order valence-corrected chi connectivity index (χ4v) is 10.2. The largest absolute Gasteiger partial charge is 0.481 e. The molecule has 11 unspecified atom stereocenters. The van der Waals surface area contributed by atoms with Gasteiger partial charge in [0, 0.05) is 0 Å². The summed E-state index contributed by atoms with van der Waals surface area (Å²) in [4.78, 5) is 12.2. The molecule has 2 nitrogen and oxygen atoms in total. The van der Waals surface area contributed by atoms with Gasteiger partial charge in [-0.05, 0) is 136 Å². The van der Waals surface area contributed by atoms with Crippen LogP contribution in [0, 0.1) is 64.6 Å². The molecule has 32 heavy (non-hydrogen) atoms. The van der Waals surface area contributed by atoms with E-state index in [9.17, 15) is 14.3 Å². The zero-order valence-corrected chi connectivity index (χ0v) is 19.5. The van der Waals surface area contributed by atoms with E-state index in [0.717, 1.165) is 60.2 Å². The minimum Gasteiger partial charge on any atom is -0.481 e. The molecule has 0 aromatic carbocycles. The molecule has 6 rings (SSSR count). The molecule has 176 valence electrons. The molecule has 6 aliphatic rings. The van der Waals surface area contributed by atoms with Crippen LogP contribution in [0.3, 0.4) is 0 Å². The molecule has 0 aliphatic heterocycles. The Morgan fingerprint density at radius 3 is 2.25 bits per heavy atom. The lowest BCUT2D eigenvalue weighted by Gasteiger charge is -2.57. The van der Waals surface area contributed by atoms with Crippen molar-refractivity contribution in [3.63, 3.8) is 0 Å². The quantitative estimate of drug-likeness (QED) is 0.477. The Labute approximate surface area is 193 Å². The van der Waals surface area contributed by atoms with Crippen molar-refractivity contribution in [2.24, 2.45) is 64.6 Å². The highest BCUT2D eigenvalue weighted by molar-refractivity contribution is 5.76. The van der Waals surface area contributed by atoms with E-state index in [1.807, 2.05) is 0 Å². The van der Waals surface area contributed by atoms with Crippen molar-refractivity contribution in [1.29, 1.82) is 0 Å². The standard InChI is InChI=1S/C29H41FO2/c30-17-29(28(31)32)15-2-1-6-27(29)20-9-10-22-19(16-20)8-12-26-24(22)14-13-23-21-5-3-4-18(21)7-11-25(23)26/h1,3-4,6,18-27H,2,5,7-17H2,(H,31,32). The molecule has 0 saturated heterocycles. The molecule has 0 aromatic heterocycles. The van der Waals surface area contributed by atoms with Crippen molar-refractivity contribution in [1.82, 2.24) is 0 Å². The molecule has 0 aromatic rings. The Hall–Kier alpha value is -1.12. The Balaban J connectivity index is 1.17. The molecule has 0 spiro atoms. The molecule has 4 fully saturated rings. The van der Waals surface area contributed by atoms with Crippen molar-refractivity contribution in [2.45, 2.75) is 77.0 Å². The second kappa shape index (κ2) is 8.27. The minimum absolute atomic E-state index is 0.113. The van der Waals surface area contributed by atoms with Gasteiger partial charge in [0.05, 0.1) is 0 Å². The molecule has 6 aliphatic carbocycles. The van der Waals surface area contributed by atoms with Crippen LogP contribution in [0.4, 0.5) is 4.39 Å². The van der Waals surface area contributed by atoms with Crippen LogP contribution < -0.4 is 0 Å². The van der Waals surface area contributed by atoms with Gasteiger partial charge in [0.1, 0.15) is 12.1 Å². The summed E-state index contributed by atoms with van der Waals surface area (Å²) in [7, 11) is 0. The number of hydrogen-bond acceptors (Lipinski definition) is 1. The van der Waals surface area contributed by atoms with Gasteiger partial charge < -0.3 is 5.11 Å². The first-order chi connectivity index (χ1) is 15.6. The van der Waals surface area contributed by atoms with Crippen LogP contribution in [0.2, 0.25) is 0 Å². The van der Waals surface area contributed by atoms with Gasteiger partial charge in [-0.3, -0.25) is 4.79 Å². The maximum Gasteiger partial charge on any atom is 0.312 e. The van der Waals surface area contributed by atoms with Crippen molar-refractivity contribution in [2.75, 3.05) is 6.67 Å². The van der Waals surface area contributed by atoms with Gasteiger partial charge in [0.25, 0.3) is 0 Å². The SMILES string of the molecule is O=C(O)C1(CF)CCC=CC1C1CCC2C(CCC3C2CCC2C4CC=CC4CCC23)C1. The Bertz CT molecular complexity index is 788. The van der Waals surface area contributed by atoms with Crippen LogP contribution in [0.1, 0.15) is 77.0 Å². The van der Waals surface area contributed by atoms with Crippen LogP contribution in [0.15, 0.2) is 24.3 Å². The van der Waals surface area contributed by atoms with E-state index in [4.69, 9.17) is 0 Å². The summed E-state index contributed by atoms with van der Waals surface area (Å²) in [5.41, 5.74) is -1.17. The fraction of sp³-hybridized carbons (Fsp3) is 0.828. The minimum atomic E-state index is -1.17. The summed E-state index contributed by atoms with van der Waals surface area (Å²) in [5, 5.41) is 9.97. The van der Waals surface area contributed by atoms with E-state index in [-0.39, 0.29) is 5.92 Å². The second-order valence-electron chi connectivity index (χ2n) is 12.5. The lowest BCUT2D eigenvalue weighted by atomic mass is 9.48. The van der Waals surface area contributed by atoms with Crippen LogP contribution in [-0.4, -0.2) is 17.8 Å². The number of fused-ring (bicyclic) bond motifs is 7. The number of carboxylic acids is 1. The molecular weight excluding hydrogens is 399 g/mol. The zero-order valence-electron chi connectivity index (χ0n) is 19.5. The van der Waals surface area contributed by atoms with Crippen LogP contribution in [-0.2, 0) is 4.79 Å². The summed E-state index contributed by atoms with van der Waals surface area (Å²) in [6.45, 7) is -0.716. The van der Waals surface area contributed by atoms with Gasteiger partial charge in [-0.2, -0.15) is 0 Å². The molecule has 11 atom stereocenters. The van der Waals surface area contributed by atoms with E-state index in [2.05, 4.69) is 24.3 Å². The number of carboxylic acid groups (broad SMARTS) is 1. The highest BCUT2D eigenvalue weighted by Crippen LogP contribution is 2.61. The predicted octanol–water partition coefficient (Wildman–Crippen LogP) is 7.06. The fourth-order valence-electron chi connectivity index (χ4n) is 10.2. The highest BCUT2D eigenvalue weighted by Gasteiger charge is 2.54. The molecular formula is C29H41FO2.